The lowest BCUT2D eigenvalue weighted by Gasteiger charge is -2.44. The van der Waals surface area contributed by atoms with Crippen molar-refractivity contribution in [1.29, 1.82) is 0 Å². The summed E-state index contributed by atoms with van der Waals surface area (Å²) in [6, 6.07) is 0.614. The highest BCUT2D eigenvalue weighted by Gasteiger charge is 2.37. The minimum absolute atomic E-state index is 0.378. The summed E-state index contributed by atoms with van der Waals surface area (Å²) in [5, 5.41) is 0. The first-order chi connectivity index (χ1) is 8.61. The van der Waals surface area contributed by atoms with E-state index < -0.39 is 0 Å². The SMILES string of the molecule is CCCN1CCCC2CC(=O)C(=CN(C)C)CC21. The molecule has 0 aromatic carbocycles. The van der Waals surface area contributed by atoms with Crippen molar-refractivity contribution < 1.29 is 4.79 Å². The second-order valence-corrected chi connectivity index (χ2v) is 5.95. The lowest BCUT2D eigenvalue weighted by atomic mass is 9.75. The number of fused-ring (bicyclic) bond motifs is 1. The van der Waals surface area contributed by atoms with Gasteiger partial charge in [-0.25, -0.2) is 0 Å². The molecule has 1 saturated carbocycles. The molecular formula is C15H26N2O. The molecule has 2 atom stereocenters. The number of nitrogens with zero attached hydrogens (tertiary/aromatic N) is 2. The van der Waals surface area contributed by atoms with Gasteiger partial charge in [0.2, 0.25) is 0 Å². The van der Waals surface area contributed by atoms with E-state index in [1.807, 2.05) is 25.2 Å². The highest BCUT2D eigenvalue weighted by atomic mass is 16.1. The molecule has 2 aliphatic rings. The van der Waals surface area contributed by atoms with Gasteiger partial charge in [0.25, 0.3) is 0 Å². The van der Waals surface area contributed by atoms with Crippen LogP contribution in [-0.2, 0) is 4.79 Å². The number of piperidine rings is 1. The van der Waals surface area contributed by atoms with E-state index in [0.717, 1.165) is 18.4 Å². The van der Waals surface area contributed by atoms with Gasteiger partial charge in [0.1, 0.15) is 0 Å². The predicted octanol–water partition coefficient (Wildman–Crippen LogP) is 2.29. The van der Waals surface area contributed by atoms with E-state index in [9.17, 15) is 4.79 Å². The van der Waals surface area contributed by atoms with Gasteiger partial charge in [-0.2, -0.15) is 0 Å². The fourth-order valence-corrected chi connectivity index (χ4v) is 3.46. The third-order valence-corrected chi connectivity index (χ3v) is 4.19. The Morgan fingerprint density at radius 3 is 2.83 bits per heavy atom. The number of hydrogen-bond donors (Lipinski definition) is 0. The normalized spacial score (nSPS) is 31.5. The first-order valence-corrected chi connectivity index (χ1v) is 7.26. The van der Waals surface area contributed by atoms with Crippen LogP contribution in [0, 0.1) is 5.92 Å². The van der Waals surface area contributed by atoms with Crippen LogP contribution in [0.25, 0.3) is 0 Å². The number of hydrogen-bond acceptors (Lipinski definition) is 3. The summed E-state index contributed by atoms with van der Waals surface area (Å²) in [6.45, 7) is 4.65. The summed E-state index contributed by atoms with van der Waals surface area (Å²) in [6.07, 6.45) is 7.47. The zero-order valence-corrected chi connectivity index (χ0v) is 12.0. The van der Waals surface area contributed by atoms with Crippen LogP contribution in [0.2, 0.25) is 0 Å². The summed E-state index contributed by atoms with van der Waals surface area (Å²) in [7, 11) is 3.99. The van der Waals surface area contributed by atoms with Crippen LogP contribution < -0.4 is 0 Å². The van der Waals surface area contributed by atoms with Gasteiger partial charge >= 0.3 is 0 Å². The van der Waals surface area contributed by atoms with Crippen LogP contribution in [0.15, 0.2) is 11.8 Å². The highest BCUT2D eigenvalue weighted by molar-refractivity contribution is 5.96. The van der Waals surface area contributed by atoms with E-state index in [-0.39, 0.29) is 0 Å². The van der Waals surface area contributed by atoms with Crippen LogP contribution >= 0.6 is 0 Å². The van der Waals surface area contributed by atoms with Crippen molar-refractivity contribution in [2.24, 2.45) is 5.92 Å². The molecule has 1 saturated heterocycles. The zero-order valence-electron chi connectivity index (χ0n) is 12.0. The van der Waals surface area contributed by atoms with Crippen molar-refractivity contribution in [2.45, 2.75) is 45.1 Å². The summed E-state index contributed by atoms with van der Waals surface area (Å²) in [5.74, 6) is 0.986. The van der Waals surface area contributed by atoms with Gasteiger partial charge in [0.05, 0.1) is 0 Å². The maximum atomic E-state index is 12.1. The van der Waals surface area contributed by atoms with Gasteiger partial charge in [-0.1, -0.05) is 6.92 Å². The monoisotopic (exact) mass is 250 g/mol. The van der Waals surface area contributed by atoms with Crippen LogP contribution in [-0.4, -0.2) is 48.8 Å². The van der Waals surface area contributed by atoms with Crippen LogP contribution in [0.1, 0.15) is 39.0 Å². The van der Waals surface area contributed by atoms with E-state index in [1.165, 1.54) is 32.4 Å². The quantitative estimate of drug-likeness (QED) is 0.718. The molecule has 3 heteroatoms. The van der Waals surface area contributed by atoms with Crippen molar-refractivity contribution in [3.05, 3.63) is 11.8 Å². The Morgan fingerprint density at radius 1 is 1.39 bits per heavy atom. The van der Waals surface area contributed by atoms with E-state index in [2.05, 4.69) is 11.8 Å². The smallest absolute Gasteiger partial charge is 0.160 e. The Labute approximate surface area is 111 Å². The molecule has 102 valence electrons. The van der Waals surface area contributed by atoms with Crippen molar-refractivity contribution in [3.63, 3.8) is 0 Å². The number of rotatable bonds is 3. The molecule has 2 rings (SSSR count). The minimum atomic E-state index is 0.378. The summed E-state index contributed by atoms with van der Waals surface area (Å²) in [4.78, 5) is 16.8. The first-order valence-electron chi connectivity index (χ1n) is 7.26. The third-order valence-electron chi connectivity index (χ3n) is 4.19. The third kappa shape index (κ3) is 2.94. The number of likely N-dealkylation sites (tertiary alicyclic amines) is 1. The molecule has 2 unspecified atom stereocenters. The Morgan fingerprint density at radius 2 is 2.17 bits per heavy atom. The second kappa shape index (κ2) is 5.87. The molecule has 0 spiro atoms. The highest BCUT2D eigenvalue weighted by Crippen LogP contribution is 2.36. The topological polar surface area (TPSA) is 23.6 Å². The molecule has 0 bridgehead atoms. The van der Waals surface area contributed by atoms with Crippen molar-refractivity contribution >= 4 is 5.78 Å². The van der Waals surface area contributed by atoms with Gasteiger partial charge in [0, 0.05) is 38.3 Å². The maximum absolute atomic E-state index is 12.1. The van der Waals surface area contributed by atoms with E-state index in [4.69, 9.17) is 0 Å². The molecule has 1 aliphatic heterocycles. The summed E-state index contributed by atoms with van der Waals surface area (Å²) in [5.41, 5.74) is 1.03. The fraction of sp³-hybridized carbons (Fsp3) is 0.800. The minimum Gasteiger partial charge on any atom is -0.383 e. The summed E-state index contributed by atoms with van der Waals surface area (Å²) < 4.78 is 0. The van der Waals surface area contributed by atoms with Crippen LogP contribution in [0.3, 0.4) is 0 Å². The number of ketones is 1. The molecule has 0 aromatic rings. The Hall–Kier alpha value is -0.830. The molecular weight excluding hydrogens is 224 g/mol. The van der Waals surface area contributed by atoms with Crippen LogP contribution in [0.5, 0.6) is 0 Å². The molecule has 1 heterocycles. The standard InChI is InChI=1S/C15H26N2O/c1-4-7-17-8-5-6-12-10-15(18)13(9-14(12)17)11-16(2)3/h11-12,14H,4-10H2,1-3H3. The van der Waals surface area contributed by atoms with Gasteiger partial charge in [-0.3, -0.25) is 9.69 Å². The van der Waals surface area contributed by atoms with Crippen molar-refractivity contribution in [3.8, 4) is 0 Å². The van der Waals surface area contributed by atoms with Gasteiger partial charge in [-0.05, 0) is 44.7 Å². The van der Waals surface area contributed by atoms with Gasteiger partial charge in [0.15, 0.2) is 5.78 Å². The van der Waals surface area contributed by atoms with Gasteiger partial charge in [-0.15, -0.1) is 0 Å². The molecule has 3 nitrogen and oxygen atoms in total. The fourth-order valence-electron chi connectivity index (χ4n) is 3.46. The largest absolute Gasteiger partial charge is 0.383 e. The average molecular weight is 250 g/mol. The van der Waals surface area contributed by atoms with Crippen molar-refractivity contribution in [1.82, 2.24) is 9.80 Å². The maximum Gasteiger partial charge on any atom is 0.160 e. The molecule has 0 amide bonds. The second-order valence-electron chi connectivity index (χ2n) is 5.95. The van der Waals surface area contributed by atoms with Gasteiger partial charge < -0.3 is 4.90 Å². The molecule has 0 radical (unpaired) electrons. The Kier molecular flexibility index (Phi) is 4.44. The van der Waals surface area contributed by atoms with Crippen molar-refractivity contribution in [2.75, 3.05) is 27.2 Å². The molecule has 1 aliphatic carbocycles. The lowest BCUT2D eigenvalue weighted by molar-refractivity contribution is -0.119. The number of Topliss-reactive ketones (excluding diaryl/α,β-unsaturated/α-hetero) is 1. The lowest BCUT2D eigenvalue weighted by Crippen LogP contribution is -2.49. The Bertz CT molecular complexity index is 333. The van der Waals surface area contributed by atoms with E-state index in [1.54, 1.807) is 0 Å². The zero-order chi connectivity index (χ0) is 13.1. The molecule has 0 N–H and O–H groups in total. The number of carbonyl (C=O) groups is 1. The number of carbonyl (C=O) groups excluding carboxylic acids is 1. The summed E-state index contributed by atoms with van der Waals surface area (Å²) >= 11 is 0. The Balaban J connectivity index is 2.12. The molecule has 2 fully saturated rings. The average Bonchev–Trinajstić information content (AvgIpc) is 2.31. The van der Waals surface area contributed by atoms with Crippen LogP contribution in [0.4, 0.5) is 0 Å². The van der Waals surface area contributed by atoms with E-state index >= 15 is 0 Å². The first kappa shape index (κ1) is 13.6. The van der Waals surface area contributed by atoms with E-state index in [0.29, 0.717) is 17.7 Å². The molecule has 18 heavy (non-hydrogen) atoms. The predicted molar refractivity (Wildman–Crippen MR) is 74.4 cm³/mol. The molecule has 0 aromatic heterocycles.